The maximum Gasteiger partial charge on any atom is 0.356 e. The highest BCUT2D eigenvalue weighted by Gasteiger charge is 2.08. The van der Waals surface area contributed by atoms with E-state index in [0.717, 1.165) is 15.7 Å². The zero-order chi connectivity index (χ0) is 19.5. The maximum atomic E-state index is 11.2. The van der Waals surface area contributed by atoms with Gasteiger partial charge in [0.05, 0.1) is 29.5 Å². The summed E-state index contributed by atoms with van der Waals surface area (Å²) in [5.74, 6) is -0.392. The molecule has 0 spiro atoms. The summed E-state index contributed by atoms with van der Waals surface area (Å²) in [6.45, 7) is 8.43. The number of carbonyl (C=O) groups excluding carboxylic acids is 1. The lowest BCUT2D eigenvalue weighted by molar-refractivity contribution is 0.0593. The standard InChI is InChI=1S/C10H13NO2S.C9H13NOS/c1-7(2)14-9-6-4-5-8(11-9)10(12)13-3;1-7(2)12-9-5-3-4-8(6-11)10-9/h4-7H,1-3H3;3-5,7,11H,6H2,1-2H3. The molecule has 26 heavy (non-hydrogen) atoms. The molecule has 0 amide bonds. The minimum Gasteiger partial charge on any atom is -0.464 e. The predicted octanol–water partition coefficient (Wildman–Crippen LogP) is 4.44. The molecule has 1 N–H and O–H groups in total. The van der Waals surface area contributed by atoms with E-state index in [9.17, 15) is 4.79 Å². The summed E-state index contributed by atoms with van der Waals surface area (Å²) >= 11 is 3.33. The Balaban J connectivity index is 0.000000263. The first-order valence-electron chi connectivity index (χ1n) is 8.31. The molecule has 5 nitrogen and oxygen atoms in total. The highest BCUT2D eigenvalue weighted by molar-refractivity contribution is 8.00. The Morgan fingerprint density at radius 2 is 1.54 bits per heavy atom. The quantitative estimate of drug-likeness (QED) is 0.573. The third kappa shape index (κ3) is 8.69. The van der Waals surface area contributed by atoms with Gasteiger partial charge in [-0.15, -0.1) is 23.5 Å². The van der Waals surface area contributed by atoms with Crippen LogP contribution in [-0.2, 0) is 11.3 Å². The van der Waals surface area contributed by atoms with Crippen molar-refractivity contribution >= 4 is 29.5 Å². The molecule has 0 radical (unpaired) electrons. The van der Waals surface area contributed by atoms with Crippen LogP contribution in [0.5, 0.6) is 0 Å². The van der Waals surface area contributed by atoms with Crippen molar-refractivity contribution < 1.29 is 14.6 Å². The smallest absolute Gasteiger partial charge is 0.356 e. The van der Waals surface area contributed by atoms with Crippen LogP contribution in [0, 0.1) is 0 Å². The van der Waals surface area contributed by atoms with Crippen molar-refractivity contribution in [1.29, 1.82) is 0 Å². The van der Waals surface area contributed by atoms with Crippen LogP contribution in [0.2, 0.25) is 0 Å². The van der Waals surface area contributed by atoms with Gasteiger partial charge < -0.3 is 9.84 Å². The molecule has 0 aromatic carbocycles. The molecule has 0 aliphatic carbocycles. The topological polar surface area (TPSA) is 72.3 Å². The average molecular weight is 395 g/mol. The van der Waals surface area contributed by atoms with Gasteiger partial charge in [0.15, 0.2) is 0 Å². The second-order valence-electron chi connectivity index (χ2n) is 5.81. The van der Waals surface area contributed by atoms with Crippen LogP contribution in [-0.4, -0.2) is 38.7 Å². The van der Waals surface area contributed by atoms with E-state index in [2.05, 4.69) is 42.4 Å². The largest absolute Gasteiger partial charge is 0.464 e. The van der Waals surface area contributed by atoms with Gasteiger partial charge in [0.25, 0.3) is 0 Å². The summed E-state index contributed by atoms with van der Waals surface area (Å²) < 4.78 is 4.59. The fraction of sp³-hybridized carbons (Fsp3) is 0.421. The van der Waals surface area contributed by atoms with Gasteiger partial charge in [0.1, 0.15) is 5.69 Å². The summed E-state index contributed by atoms with van der Waals surface area (Å²) in [6.07, 6.45) is 0. The van der Waals surface area contributed by atoms with E-state index < -0.39 is 5.97 Å². The van der Waals surface area contributed by atoms with Crippen molar-refractivity contribution in [2.24, 2.45) is 0 Å². The first-order valence-corrected chi connectivity index (χ1v) is 10.1. The number of hydrogen-bond acceptors (Lipinski definition) is 7. The molecular weight excluding hydrogens is 368 g/mol. The van der Waals surface area contributed by atoms with Gasteiger partial charge in [-0.1, -0.05) is 39.8 Å². The van der Waals surface area contributed by atoms with Crippen molar-refractivity contribution in [2.75, 3.05) is 7.11 Å². The molecule has 142 valence electrons. The summed E-state index contributed by atoms with van der Waals surface area (Å²) in [7, 11) is 1.35. The summed E-state index contributed by atoms with van der Waals surface area (Å²) in [4.78, 5) is 19.6. The fourth-order valence-corrected chi connectivity index (χ4v) is 3.39. The van der Waals surface area contributed by atoms with E-state index in [1.54, 1.807) is 29.6 Å². The predicted molar refractivity (Wildman–Crippen MR) is 108 cm³/mol. The number of methoxy groups -OCH3 is 1. The van der Waals surface area contributed by atoms with Crippen molar-refractivity contribution in [3.05, 3.63) is 47.8 Å². The lowest BCUT2D eigenvalue weighted by Crippen LogP contribution is -2.04. The summed E-state index contributed by atoms with van der Waals surface area (Å²) in [5.41, 5.74) is 1.10. The molecular formula is C19H26N2O3S2. The number of nitrogens with zero attached hydrogens (tertiary/aromatic N) is 2. The zero-order valence-electron chi connectivity index (χ0n) is 15.8. The Morgan fingerprint density at radius 3 is 2.04 bits per heavy atom. The highest BCUT2D eigenvalue weighted by Crippen LogP contribution is 2.21. The van der Waals surface area contributed by atoms with Gasteiger partial charge in [-0.3, -0.25) is 0 Å². The second kappa shape index (κ2) is 11.9. The molecule has 2 aromatic rings. The number of esters is 1. The van der Waals surface area contributed by atoms with Crippen molar-refractivity contribution in [3.63, 3.8) is 0 Å². The van der Waals surface area contributed by atoms with E-state index in [4.69, 9.17) is 5.11 Å². The minimum atomic E-state index is -0.392. The van der Waals surface area contributed by atoms with Crippen molar-refractivity contribution in [1.82, 2.24) is 9.97 Å². The van der Waals surface area contributed by atoms with Crippen LogP contribution >= 0.6 is 23.5 Å². The number of carbonyl (C=O) groups is 1. The Labute approximate surface area is 164 Å². The van der Waals surface area contributed by atoms with Gasteiger partial charge in [0.2, 0.25) is 0 Å². The lowest BCUT2D eigenvalue weighted by atomic mass is 10.4. The molecule has 0 saturated heterocycles. The molecule has 0 atom stereocenters. The van der Waals surface area contributed by atoms with Crippen LogP contribution in [0.1, 0.15) is 43.9 Å². The highest BCUT2D eigenvalue weighted by atomic mass is 32.2. The van der Waals surface area contributed by atoms with Crippen LogP contribution < -0.4 is 0 Å². The first kappa shape index (κ1) is 22.5. The number of rotatable bonds is 6. The van der Waals surface area contributed by atoms with Gasteiger partial charge >= 0.3 is 5.97 Å². The van der Waals surface area contributed by atoms with E-state index in [-0.39, 0.29) is 6.61 Å². The number of aliphatic hydroxyl groups is 1. The molecule has 2 aromatic heterocycles. The van der Waals surface area contributed by atoms with Gasteiger partial charge in [0, 0.05) is 10.5 Å². The molecule has 2 heterocycles. The van der Waals surface area contributed by atoms with Crippen LogP contribution in [0.25, 0.3) is 0 Å². The van der Waals surface area contributed by atoms with E-state index in [0.29, 0.717) is 16.2 Å². The molecule has 0 unspecified atom stereocenters. The molecule has 0 fully saturated rings. The number of thioether (sulfide) groups is 2. The van der Waals surface area contributed by atoms with Gasteiger partial charge in [-0.05, 0) is 24.3 Å². The van der Waals surface area contributed by atoms with E-state index in [1.165, 1.54) is 7.11 Å². The monoisotopic (exact) mass is 394 g/mol. The third-order valence-corrected chi connectivity index (χ3v) is 4.65. The van der Waals surface area contributed by atoms with Crippen molar-refractivity contribution in [3.8, 4) is 0 Å². The Bertz CT molecular complexity index is 694. The van der Waals surface area contributed by atoms with Crippen molar-refractivity contribution in [2.45, 2.75) is 54.9 Å². The summed E-state index contributed by atoms with van der Waals surface area (Å²) in [6, 6.07) is 11.1. The number of aromatic nitrogens is 2. The number of aliphatic hydroxyl groups excluding tert-OH is 1. The number of ether oxygens (including phenoxy) is 1. The second-order valence-corrected chi connectivity index (χ2v) is 9.00. The SMILES string of the molecule is CC(C)Sc1cccc(CO)n1.COC(=O)c1cccc(SC(C)C)n1. The van der Waals surface area contributed by atoms with Crippen LogP contribution in [0.15, 0.2) is 46.5 Å². The molecule has 7 heteroatoms. The van der Waals surface area contributed by atoms with Crippen LogP contribution in [0.3, 0.4) is 0 Å². The van der Waals surface area contributed by atoms with Gasteiger partial charge in [-0.2, -0.15) is 0 Å². The normalized spacial score (nSPS) is 10.5. The fourth-order valence-electron chi connectivity index (χ4n) is 1.79. The number of hydrogen-bond donors (Lipinski definition) is 1. The Hall–Kier alpha value is -1.57. The molecule has 0 saturated carbocycles. The Morgan fingerprint density at radius 1 is 1.00 bits per heavy atom. The minimum absolute atomic E-state index is 0.0203. The van der Waals surface area contributed by atoms with Crippen LogP contribution in [0.4, 0.5) is 0 Å². The molecule has 0 aliphatic rings. The lowest BCUT2D eigenvalue weighted by Gasteiger charge is -2.04. The molecule has 0 bridgehead atoms. The van der Waals surface area contributed by atoms with E-state index >= 15 is 0 Å². The molecule has 0 aliphatic heterocycles. The van der Waals surface area contributed by atoms with Gasteiger partial charge in [-0.25, -0.2) is 14.8 Å². The van der Waals surface area contributed by atoms with E-state index in [1.807, 2.05) is 30.3 Å². The average Bonchev–Trinajstić information content (AvgIpc) is 2.61. The Kier molecular flexibility index (Phi) is 10.3. The number of pyridine rings is 2. The molecule has 2 rings (SSSR count). The first-order chi connectivity index (χ1) is 12.3. The summed E-state index contributed by atoms with van der Waals surface area (Å²) in [5, 5.41) is 11.6. The third-order valence-electron chi connectivity index (χ3n) is 2.77. The zero-order valence-corrected chi connectivity index (χ0v) is 17.4. The maximum absolute atomic E-state index is 11.2.